The molecule has 0 saturated heterocycles. The van der Waals surface area contributed by atoms with Gasteiger partial charge in [0, 0.05) is 35.9 Å². The summed E-state index contributed by atoms with van der Waals surface area (Å²) < 4.78 is 26.6. The molecule has 8 heteroatoms. The number of sulfonamides is 1. The first kappa shape index (κ1) is 20.9. The zero-order valence-corrected chi connectivity index (χ0v) is 17.4. The van der Waals surface area contributed by atoms with Crippen LogP contribution < -0.4 is 5.32 Å². The van der Waals surface area contributed by atoms with Gasteiger partial charge in [0.2, 0.25) is 10.0 Å². The van der Waals surface area contributed by atoms with E-state index < -0.39 is 10.0 Å². The second-order valence-electron chi connectivity index (χ2n) is 6.32. The van der Waals surface area contributed by atoms with Crippen LogP contribution in [0, 0.1) is 13.8 Å². The van der Waals surface area contributed by atoms with Gasteiger partial charge in [-0.2, -0.15) is 5.10 Å². The Morgan fingerprint density at radius 3 is 2.46 bits per heavy atom. The van der Waals surface area contributed by atoms with Gasteiger partial charge in [-0.05, 0) is 51.1 Å². The highest BCUT2D eigenvalue weighted by atomic mass is 35.5. The third-order valence-electron chi connectivity index (χ3n) is 4.40. The van der Waals surface area contributed by atoms with Crippen molar-refractivity contribution in [2.75, 3.05) is 25.9 Å². The number of halogens is 1. The Morgan fingerprint density at radius 2 is 1.88 bits per heavy atom. The zero-order chi connectivity index (χ0) is 19.3. The number of aromatic nitrogens is 2. The van der Waals surface area contributed by atoms with E-state index in [9.17, 15) is 8.42 Å². The Kier molecular flexibility index (Phi) is 7.23. The molecule has 0 aliphatic rings. The molecule has 0 spiro atoms. The third kappa shape index (κ3) is 5.30. The Labute approximate surface area is 161 Å². The molecule has 26 heavy (non-hydrogen) atoms. The molecule has 2 rings (SSSR count). The topological polar surface area (TPSA) is 67.2 Å². The molecule has 144 valence electrons. The van der Waals surface area contributed by atoms with E-state index in [-0.39, 0.29) is 0 Å². The first-order chi connectivity index (χ1) is 12.2. The van der Waals surface area contributed by atoms with Crippen LogP contribution in [0.15, 0.2) is 24.3 Å². The molecule has 0 aliphatic carbocycles. The van der Waals surface area contributed by atoms with Crippen LogP contribution in [-0.2, 0) is 16.6 Å². The molecule has 0 atom stereocenters. The van der Waals surface area contributed by atoms with E-state index in [1.54, 1.807) is 0 Å². The van der Waals surface area contributed by atoms with Gasteiger partial charge in [-0.1, -0.05) is 18.5 Å². The summed E-state index contributed by atoms with van der Waals surface area (Å²) in [4.78, 5) is 0. The molecule has 1 aromatic heterocycles. The molecule has 0 aliphatic heterocycles. The first-order valence-corrected chi connectivity index (χ1v) is 10.9. The van der Waals surface area contributed by atoms with Crippen molar-refractivity contribution in [3.05, 3.63) is 46.2 Å². The lowest BCUT2D eigenvalue weighted by Gasteiger charge is -2.17. The number of benzene rings is 1. The maximum atomic E-state index is 11.6. The van der Waals surface area contributed by atoms with Crippen LogP contribution in [0.25, 0.3) is 5.69 Å². The third-order valence-corrected chi connectivity index (χ3v) is 6.03. The summed E-state index contributed by atoms with van der Waals surface area (Å²) in [6.45, 7) is 8.39. The SMILES string of the molecule is CCN(CCCNCc1c(C)nn(-c2ccc(Cl)cc2)c1C)S(C)(=O)=O. The standard InChI is InChI=1S/C18H27ClN4O2S/c1-5-22(26(4,24)25)12-6-11-20-13-18-14(2)21-23(15(18)3)17-9-7-16(19)8-10-17/h7-10,20H,5-6,11-13H2,1-4H3. The summed E-state index contributed by atoms with van der Waals surface area (Å²) in [5, 5.41) is 8.72. The highest BCUT2D eigenvalue weighted by Crippen LogP contribution is 2.19. The van der Waals surface area contributed by atoms with Gasteiger partial charge >= 0.3 is 0 Å². The van der Waals surface area contributed by atoms with Gasteiger partial charge in [-0.25, -0.2) is 17.4 Å². The summed E-state index contributed by atoms with van der Waals surface area (Å²) in [5.74, 6) is 0. The van der Waals surface area contributed by atoms with E-state index >= 15 is 0 Å². The van der Waals surface area contributed by atoms with Crippen molar-refractivity contribution in [3.63, 3.8) is 0 Å². The summed E-state index contributed by atoms with van der Waals surface area (Å²) in [6.07, 6.45) is 2.02. The van der Waals surface area contributed by atoms with Crippen molar-refractivity contribution in [2.45, 2.75) is 33.7 Å². The van der Waals surface area contributed by atoms with E-state index in [0.717, 1.165) is 35.6 Å². The highest BCUT2D eigenvalue weighted by molar-refractivity contribution is 7.88. The molecule has 1 N–H and O–H groups in total. The van der Waals surface area contributed by atoms with Crippen LogP contribution in [0.2, 0.25) is 5.02 Å². The maximum Gasteiger partial charge on any atom is 0.211 e. The number of hydrogen-bond donors (Lipinski definition) is 1. The molecular formula is C18H27ClN4O2S. The summed E-state index contributed by atoms with van der Waals surface area (Å²) in [5.41, 5.74) is 4.21. The molecule has 0 amide bonds. The fourth-order valence-corrected chi connectivity index (χ4v) is 3.97. The average Bonchev–Trinajstić information content (AvgIpc) is 2.85. The molecular weight excluding hydrogens is 372 g/mol. The largest absolute Gasteiger partial charge is 0.312 e. The molecule has 0 saturated carbocycles. The van der Waals surface area contributed by atoms with Gasteiger partial charge in [0.15, 0.2) is 0 Å². The van der Waals surface area contributed by atoms with Crippen LogP contribution >= 0.6 is 11.6 Å². The van der Waals surface area contributed by atoms with Crippen LogP contribution in [-0.4, -0.2) is 48.4 Å². The molecule has 6 nitrogen and oxygen atoms in total. The summed E-state index contributed by atoms with van der Waals surface area (Å²) in [7, 11) is -3.12. The Balaban J connectivity index is 1.93. The van der Waals surface area contributed by atoms with Gasteiger partial charge in [0.25, 0.3) is 0 Å². The van der Waals surface area contributed by atoms with Crippen molar-refractivity contribution < 1.29 is 8.42 Å². The maximum absolute atomic E-state index is 11.6. The van der Waals surface area contributed by atoms with Gasteiger partial charge in [-0.3, -0.25) is 0 Å². The van der Waals surface area contributed by atoms with Gasteiger partial charge < -0.3 is 5.32 Å². The van der Waals surface area contributed by atoms with E-state index in [1.165, 1.54) is 10.6 Å². The van der Waals surface area contributed by atoms with Gasteiger partial charge in [0.05, 0.1) is 17.6 Å². The molecule has 0 bridgehead atoms. The van der Waals surface area contributed by atoms with Crippen molar-refractivity contribution in [3.8, 4) is 5.69 Å². The minimum Gasteiger partial charge on any atom is -0.312 e. The van der Waals surface area contributed by atoms with Crippen molar-refractivity contribution in [1.29, 1.82) is 0 Å². The van der Waals surface area contributed by atoms with Crippen LogP contribution in [0.4, 0.5) is 0 Å². The normalized spacial score (nSPS) is 12.1. The lowest BCUT2D eigenvalue weighted by atomic mass is 10.2. The zero-order valence-electron chi connectivity index (χ0n) is 15.8. The predicted octanol–water partition coefficient (Wildman–Crippen LogP) is 2.90. The molecule has 1 heterocycles. The lowest BCUT2D eigenvalue weighted by molar-refractivity contribution is 0.419. The predicted molar refractivity (Wildman–Crippen MR) is 106 cm³/mol. The summed E-state index contributed by atoms with van der Waals surface area (Å²) in [6, 6.07) is 7.60. The second kappa shape index (κ2) is 8.99. The van der Waals surface area contributed by atoms with Gasteiger partial charge in [-0.15, -0.1) is 0 Å². The molecule has 0 fully saturated rings. The Hall–Kier alpha value is -1.41. The number of rotatable bonds is 9. The molecule has 2 aromatic rings. The number of hydrogen-bond acceptors (Lipinski definition) is 4. The smallest absolute Gasteiger partial charge is 0.211 e. The van der Waals surface area contributed by atoms with Gasteiger partial charge in [0.1, 0.15) is 0 Å². The monoisotopic (exact) mass is 398 g/mol. The molecule has 0 unspecified atom stereocenters. The molecule has 1 aromatic carbocycles. The van der Waals surface area contributed by atoms with Crippen molar-refractivity contribution in [2.24, 2.45) is 0 Å². The summed E-state index contributed by atoms with van der Waals surface area (Å²) >= 11 is 5.95. The number of nitrogens with zero attached hydrogens (tertiary/aromatic N) is 3. The van der Waals surface area contributed by atoms with E-state index in [1.807, 2.05) is 49.7 Å². The Bertz CT molecular complexity index is 832. The molecule has 0 radical (unpaired) electrons. The van der Waals surface area contributed by atoms with Crippen LogP contribution in [0.5, 0.6) is 0 Å². The highest BCUT2D eigenvalue weighted by Gasteiger charge is 2.14. The fourth-order valence-electron chi connectivity index (χ4n) is 2.92. The number of aryl methyl sites for hydroxylation is 1. The first-order valence-electron chi connectivity index (χ1n) is 8.71. The average molecular weight is 399 g/mol. The van der Waals surface area contributed by atoms with Crippen molar-refractivity contribution >= 4 is 21.6 Å². The van der Waals surface area contributed by atoms with E-state index in [4.69, 9.17) is 11.6 Å². The van der Waals surface area contributed by atoms with E-state index in [2.05, 4.69) is 10.4 Å². The minimum atomic E-state index is -3.12. The van der Waals surface area contributed by atoms with Crippen LogP contribution in [0.3, 0.4) is 0 Å². The van der Waals surface area contributed by atoms with Crippen LogP contribution in [0.1, 0.15) is 30.3 Å². The fraction of sp³-hybridized carbons (Fsp3) is 0.500. The lowest BCUT2D eigenvalue weighted by Crippen LogP contribution is -2.32. The number of nitrogens with one attached hydrogen (secondary N) is 1. The quantitative estimate of drug-likeness (QED) is 0.659. The minimum absolute atomic E-state index is 0.505. The second-order valence-corrected chi connectivity index (χ2v) is 8.74. The van der Waals surface area contributed by atoms with Crippen molar-refractivity contribution in [1.82, 2.24) is 19.4 Å². The Morgan fingerprint density at radius 1 is 1.23 bits per heavy atom. The van der Waals surface area contributed by atoms with E-state index in [0.29, 0.717) is 24.7 Å².